The van der Waals surface area contributed by atoms with E-state index >= 15 is 0 Å². The van der Waals surface area contributed by atoms with E-state index in [1.807, 2.05) is 0 Å². The lowest BCUT2D eigenvalue weighted by Gasteiger charge is -2.31. The van der Waals surface area contributed by atoms with Crippen molar-refractivity contribution in [1.82, 2.24) is 9.88 Å². The lowest BCUT2D eigenvalue weighted by atomic mass is 9.98. The molecule has 1 aromatic heterocycles. The zero-order chi connectivity index (χ0) is 23.4. The monoisotopic (exact) mass is 442 g/mol. The van der Waals surface area contributed by atoms with Crippen LogP contribution in [0.25, 0.3) is 0 Å². The van der Waals surface area contributed by atoms with Crippen LogP contribution in [0.2, 0.25) is 0 Å². The van der Waals surface area contributed by atoms with E-state index in [0.29, 0.717) is 41.3 Å². The molecule has 1 aliphatic rings. The van der Waals surface area contributed by atoms with Crippen molar-refractivity contribution >= 4 is 17.7 Å². The number of esters is 1. The molecule has 1 amide bonds. The van der Waals surface area contributed by atoms with Gasteiger partial charge in [0, 0.05) is 30.0 Å². The minimum Gasteiger partial charge on any atom is -0.497 e. The van der Waals surface area contributed by atoms with Crippen LogP contribution in [0.3, 0.4) is 0 Å². The van der Waals surface area contributed by atoms with Gasteiger partial charge in [-0.15, -0.1) is 0 Å². The molecule has 1 aliphatic heterocycles. The Morgan fingerprint density at radius 2 is 2.00 bits per heavy atom. The highest BCUT2D eigenvalue weighted by Gasteiger charge is 2.34. The molecule has 8 nitrogen and oxygen atoms in total. The van der Waals surface area contributed by atoms with Gasteiger partial charge in [0.2, 0.25) is 0 Å². The maximum absolute atomic E-state index is 13.6. The van der Waals surface area contributed by atoms with Crippen molar-refractivity contribution in [3.63, 3.8) is 0 Å². The van der Waals surface area contributed by atoms with Gasteiger partial charge in [0.05, 0.1) is 26.4 Å². The van der Waals surface area contributed by atoms with Crippen molar-refractivity contribution in [3.05, 3.63) is 52.3 Å². The summed E-state index contributed by atoms with van der Waals surface area (Å²) in [5.41, 5.74) is 2.14. The number of aromatic nitrogens is 1. The molecule has 0 radical (unpaired) electrons. The Bertz CT molecular complexity index is 1010. The fraction of sp³-hybridized carbons (Fsp3) is 0.458. The first-order valence-corrected chi connectivity index (χ1v) is 10.7. The van der Waals surface area contributed by atoms with Crippen molar-refractivity contribution in [2.45, 2.75) is 45.8 Å². The minimum absolute atomic E-state index is 0.126. The van der Waals surface area contributed by atoms with Gasteiger partial charge in [-0.05, 0) is 57.4 Å². The molecular formula is C24H30N2O6. The van der Waals surface area contributed by atoms with E-state index < -0.39 is 12.0 Å². The van der Waals surface area contributed by atoms with Gasteiger partial charge < -0.3 is 24.1 Å². The van der Waals surface area contributed by atoms with E-state index in [0.717, 1.165) is 12.8 Å². The molecule has 0 saturated carbocycles. The predicted molar refractivity (Wildman–Crippen MR) is 118 cm³/mol. The highest BCUT2D eigenvalue weighted by atomic mass is 16.5. The number of nitrogens with one attached hydrogen (secondary N) is 1. The van der Waals surface area contributed by atoms with Crippen molar-refractivity contribution in [2.24, 2.45) is 0 Å². The maximum Gasteiger partial charge on any atom is 0.354 e. The number of carbonyl (C=O) groups excluding carboxylic acids is 3. The van der Waals surface area contributed by atoms with Gasteiger partial charge in [-0.1, -0.05) is 6.07 Å². The van der Waals surface area contributed by atoms with Gasteiger partial charge in [-0.2, -0.15) is 0 Å². The molecular weight excluding hydrogens is 412 g/mol. The Morgan fingerprint density at radius 1 is 1.25 bits per heavy atom. The van der Waals surface area contributed by atoms with Crippen LogP contribution in [-0.4, -0.2) is 67.1 Å². The number of aryl methyl sites for hydroxylation is 1. The molecule has 2 atom stereocenters. The second kappa shape index (κ2) is 9.99. The van der Waals surface area contributed by atoms with Crippen LogP contribution in [0.5, 0.6) is 5.75 Å². The normalized spacial score (nSPS) is 16.5. The highest BCUT2D eigenvalue weighted by molar-refractivity contribution is 6.07. The standard InChI is InChI=1S/C24H30N2O6/c1-14-20(15(2)25-21(14)24(29)31-5)22(27)16(3)26(13-19-10-7-11-32-19)23(28)17-8-6-9-18(12-17)30-4/h6,8-9,12,16,19,25H,7,10-11,13H2,1-5H3. The van der Waals surface area contributed by atoms with Gasteiger partial charge in [0.1, 0.15) is 11.4 Å². The van der Waals surface area contributed by atoms with Gasteiger partial charge >= 0.3 is 5.97 Å². The number of rotatable bonds is 8. The molecule has 1 saturated heterocycles. The number of H-pyrrole nitrogens is 1. The van der Waals surface area contributed by atoms with E-state index in [-0.39, 0.29) is 23.5 Å². The van der Waals surface area contributed by atoms with Crippen molar-refractivity contribution in [2.75, 3.05) is 27.4 Å². The first-order valence-electron chi connectivity index (χ1n) is 10.7. The fourth-order valence-corrected chi connectivity index (χ4v) is 4.12. The molecule has 1 aromatic carbocycles. The number of hydrogen-bond donors (Lipinski definition) is 1. The Hall–Kier alpha value is -3.13. The van der Waals surface area contributed by atoms with Gasteiger partial charge in [0.25, 0.3) is 5.91 Å². The number of ether oxygens (including phenoxy) is 3. The number of aromatic amines is 1. The van der Waals surface area contributed by atoms with Gasteiger partial charge in [0.15, 0.2) is 5.78 Å². The van der Waals surface area contributed by atoms with Crippen LogP contribution in [-0.2, 0) is 9.47 Å². The molecule has 1 N–H and O–H groups in total. The molecule has 172 valence electrons. The molecule has 8 heteroatoms. The molecule has 0 aliphatic carbocycles. The smallest absolute Gasteiger partial charge is 0.354 e. The number of methoxy groups -OCH3 is 2. The van der Waals surface area contributed by atoms with Crippen molar-refractivity contribution in [3.8, 4) is 5.75 Å². The number of nitrogens with zero attached hydrogens (tertiary/aromatic N) is 1. The Labute approximate surface area is 187 Å². The first kappa shape index (κ1) is 23.5. The predicted octanol–water partition coefficient (Wildman–Crippen LogP) is 3.32. The lowest BCUT2D eigenvalue weighted by Crippen LogP contribution is -2.47. The summed E-state index contributed by atoms with van der Waals surface area (Å²) in [7, 11) is 2.83. The van der Waals surface area contributed by atoms with E-state index in [1.54, 1.807) is 49.9 Å². The number of hydrogen-bond acceptors (Lipinski definition) is 6. The molecule has 0 bridgehead atoms. The summed E-state index contributed by atoms with van der Waals surface area (Å²) in [6.07, 6.45) is 1.63. The number of benzene rings is 1. The highest BCUT2D eigenvalue weighted by Crippen LogP contribution is 2.25. The van der Waals surface area contributed by atoms with Crippen LogP contribution in [0.1, 0.15) is 62.2 Å². The lowest BCUT2D eigenvalue weighted by molar-refractivity contribution is 0.0410. The number of amides is 1. The third kappa shape index (κ3) is 4.70. The number of carbonyl (C=O) groups is 3. The maximum atomic E-state index is 13.6. The Balaban J connectivity index is 1.95. The van der Waals surface area contributed by atoms with Crippen LogP contribution in [0.4, 0.5) is 0 Å². The quantitative estimate of drug-likeness (QED) is 0.498. The topological polar surface area (TPSA) is 97.9 Å². The third-order valence-electron chi connectivity index (χ3n) is 5.92. The zero-order valence-corrected chi connectivity index (χ0v) is 19.2. The second-order valence-corrected chi connectivity index (χ2v) is 7.98. The van der Waals surface area contributed by atoms with Crippen LogP contribution in [0.15, 0.2) is 24.3 Å². The molecule has 2 heterocycles. The van der Waals surface area contributed by atoms with E-state index in [1.165, 1.54) is 14.2 Å². The van der Waals surface area contributed by atoms with E-state index in [9.17, 15) is 14.4 Å². The van der Waals surface area contributed by atoms with Gasteiger partial charge in [-0.25, -0.2) is 4.79 Å². The summed E-state index contributed by atoms with van der Waals surface area (Å²) >= 11 is 0. The Kier molecular flexibility index (Phi) is 7.35. The second-order valence-electron chi connectivity index (χ2n) is 7.98. The molecule has 0 spiro atoms. The zero-order valence-electron chi connectivity index (χ0n) is 19.2. The number of ketones is 1. The average molecular weight is 443 g/mol. The summed E-state index contributed by atoms with van der Waals surface area (Å²) in [5.74, 6) is -0.507. The summed E-state index contributed by atoms with van der Waals surface area (Å²) < 4.78 is 15.8. The third-order valence-corrected chi connectivity index (χ3v) is 5.92. The SMILES string of the molecule is COC(=O)c1[nH]c(C)c(C(=O)C(C)N(CC2CCCO2)C(=O)c2cccc(OC)c2)c1C. The molecule has 32 heavy (non-hydrogen) atoms. The van der Waals surface area contributed by atoms with E-state index in [4.69, 9.17) is 14.2 Å². The fourth-order valence-electron chi connectivity index (χ4n) is 4.12. The van der Waals surface area contributed by atoms with E-state index in [2.05, 4.69) is 4.98 Å². The summed E-state index contributed by atoms with van der Waals surface area (Å²) in [6.45, 7) is 6.08. The molecule has 2 aromatic rings. The molecule has 2 unspecified atom stereocenters. The molecule has 3 rings (SSSR count). The summed E-state index contributed by atoms with van der Waals surface area (Å²) in [5, 5.41) is 0. The van der Waals surface area contributed by atoms with Crippen molar-refractivity contribution < 1.29 is 28.6 Å². The molecule has 1 fully saturated rings. The Morgan fingerprint density at radius 3 is 2.62 bits per heavy atom. The van der Waals surface area contributed by atoms with Crippen LogP contribution in [0, 0.1) is 13.8 Å². The summed E-state index contributed by atoms with van der Waals surface area (Å²) in [6, 6.07) is 6.09. The van der Waals surface area contributed by atoms with Crippen molar-refractivity contribution in [1.29, 1.82) is 0 Å². The van der Waals surface area contributed by atoms with Gasteiger partial charge in [-0.3, -0.25) is 9.59 Å². The minimum atomic E-state index is -0.767. The van der Waals surface area contributed by atoms with Crippen LogP contribution >= 0.6 is 0 Å². The summed E-state index contributed by atoms with van der Waals surface area (Å²) in [4.78, 5) is 43.6. The largest absolute Gasteiger partial charge is 0.497 e. The average Bonchev–Trinajstić information content (AvgIpc) is 3.42. The first-order chi connectivity index (χ1) is 15.3. The van der Waals surface area contributed by atoms with Crippen LogP contribution < -0.4 is 4.74 Å². The number of Topliss-reactive ketones (excluding diaryl/α,β-unsaturated/α-hetero) is 1.